The molecule has 8 heteroatoms. The van der Waals surface area contributed by atoms with Gasteiger partial charge in [-0.1, -0.05) is 18.2 Å². The highest BCUT2D eigenvalue weighted by Gasteiger charge is 2.21. The smallest absolute Gasteiger partial charge is 0.336 e. The Labute approximate surface area is 198 Å². The molecule has 8 nitrogen and oxygen atoms in total. The second-order valence-electron chi connectivity index (χ2n) is 7.86. The molecule has 0 saturated heterocycles. The van der Waals surface area contributed by atoms with Crippen molar-refractivity contribution in [2.24, 2.45) is 0 Å². The number of rotatable bonds is 6. The zero-order chi connectivity index (χ0) is 24.5. The molecule has 1 aliphatic heterocycles. The van der Waals surface area contributed by atoms with Crippen LogP contribution in [0.15, 0.2) is 94.1 Å². The van der Waals surface area contributed by atoms with E-state index in [-0.39, 0.29) is 23.3 Å². The van der Waals surface area contributed by atoms with Crippen molar-refractivity contribution in [2.45, 2.75) is 6.61 Å². The van der Waals surface area contributed by atoms with Crippen molar-refractivity contribution < 1.29 is 24.0 Å². The number of hydrogen-bond acceptors (Lipinski definition) is 6. The normalized spacial score (nSPS) is 11.0. The van der Waals surface area contributed by atoms with E-state index in [1.165, 1.54) is 30.3 Å². The first kappa shape index (κ1) is 21.8. The molecular weight excluding hydrogens is 450 g/mol. The molecule has 172 valence electrons. The van der Waals surface area contributed by atoms with Crippen LogP contribution >= 0.6 is 0 Å². The van der Waals surface area contributed by atoms with E-state index in [0.717, 1.165) is 5.56 Å². The minimum Gasteiger partial charge on any atom is -0.489 e. The molecule has 1 aliphatic carbocycles. The van der Waals surface area contributed by atoms with E-state index in [1.807, 2.05) is 0 Å². The van der Waals surface area contributed by atoms with Crippen LogP contribution in [0.25, 0.3) is 33.4 Å². The van der Waals surface area contributed by atoms with Crippen LogP contribution < -0.4 is 10.2 Å². The lowest BCUT2D eigenvalue weighted by molar-refractivity contribution is -0.384. The summed E-state index contributed by atoms with van der Waals surface area (Å²) in [5.74, 6) is -0.256. The van der Waals surface area contributed by atoms with Crippen molar-refractivity contribution in [3.8, 4) is 28.2 Å². The molecule has 1 heterocycles. The van der Waals surface area contributed by atoms with Crippen LogP contribution in [0.1, 0.15) is 15.9 Å². The third kappa shape index (κ3) is 4.20. The Morgan fingerprint density at radius 3 is 2.46 bits per heavy atom. The molecule has 0 saturated carbocycles. The van der Waals surface area contributed by atoms with E-state index in [1.54, 1.807) is 54.6 Å². The van der Waals surface area contributed by atoms with Crippen LogP contribution in [0.4, 0.5) is 5.69 Å². The highest BCUT2D eigenvalue weighted by Crippen LogP contribution is 2.42. The minimum atomic E-state index is -1.06. The van der Waals surface area contributed by atoms with Gasteiger partial charge in [0.25, 0.3) is 5.69 Å². The van der Waals surface area contributed by atoms with Gasteiger partial charge >= 0.3 is 5.97 Å². The van der Waals surface area contributed by atoms with Crippen LogP contribution in [-0.4, -0.2) is 16.0 Å². The molecule has 0 amide bonds. The lowest BCUT2D eigenvalue weighted by Gasteiger charge is -2.17. The molecule has 3 aromatic carbocycles. The number of benzene rings is 4. The molecule has 0 atom stereocenters. The fourth-order valence-corrected chi connectivity index (χ4v) is 4.00. The largest absolute Gasteiger partial charge is 0.489 e. The molecular formula is C27H17NO7. The number of hydrogen-bond donors (Lipinski definition) is 1. The van der Waals surface area contributed by atoms with Crippen LogP contribution in [0, 0.1) is 10.1 Å². The third-order valence-corrected chi connectivity index (χ3v) is 5.64. The van der Waals surface area contributed by atoms with E-state index in [4.69, 9.17) is 9.15 Å². The quantitative estimate of drug-likeness (QED) is 0.192. The highest BCUT2D eigenvalue weighted by atomic mass is 16.6. The molecule has 0 aromatic heterocycles. The molecule has 0 unspecified atom stereocenters. The van der Waals surface area contributed by atoms with E-state index in [2.05, 4.69) is 0 Å². The van der Waals surface area contributed by atoms with Gasteiger partial charge in [0, 0.05) is 40.8 Å². The molecule has 1 N–H and O–H groups in total. The number of non-ortho nitro benzene ring substituents is 1. The first-order valence-electron chi connectivity index (χ1n) is 10.6. The Balaban J connectivity index is 1.60. The topological polar surface area (TPSA) is 120 Å². The SMILES string of the molecule is O=C(O)c1ccccc1-c1c2ccc(=O)cc-2oc2cc(OCc3ccc([N+](=O)[O-])cc3)ccc12. The van der Waals surface area contributed by atoms with Gasteiger partial charge in [-0.25, -0.2) is 4.79 Å². The lowest BCUT2D eigenvalue weighted by atomic mass is 9.91. The van der Waals surface area contributed by atoms with Crippen LogP contribution in [0.5, 0.6) is 5.75 Å². The van der Waals surface area contributed by atoms with Crippen LogP contribution in [-0.2, 0) is 6.61 Å². The Kier molecular flexibility index (Phi) is 5.46. The van der Waals surface area contributed by atoms with Gasteiger partial charge in [-0.3, -0.25) is 14.9 Å². The molecule has 0 spiro atoms. The van der Waals surface area contributed by atoms with Gasteiger partial charge in [0.1, 0.15) is 23.7 Å². The number of nitro benzene ring substituents is 1. The fraction of sp³-hybridized carbons (Fsp3) is 0.0370. The van der Waals surface area contributed by atoms with Gasteiger partial charge in [0.15, 0.2) is 5.43 Å². The molecule has 2 aliphatic rings. The predicted molar refractivity (Wildman–Crippen MR) is 129 cm³/mol. The number of nitro groups is 1. The van der Waals surface area contributed by atoms with E-state index in [9.17, 15) is 24.8 Å². The third-order valence-electron chi connectivity index (χ3n) is 5.64. The maximum atomic E-state index is 12.0. The second kappa shape index (κ2) is 8.75. The molecule has 0 radical (unpaired) electrons. The van der Waals surface area contributed by atoms with Crippen molar-refractivity contribution in [3.63, 3.8) is 0 Å². The summed E-state index contributed by atoms with van der Waals surface area (Å²) in [4.78, 5) is 34.3. The zero-order valence-corrected chi connectivity index (χ0v) is 18.1. The summed E-state index contributed by atoms with van der Waals surface area (Å²) in [5, 5.41) is 21.2. The van der Waals surface area contributed by atoms with Gasteiger partial charge in [0.2, 0.25) is 0 Å². The Bertz CT molecular complexity index is 1620. The van der Waals surface area contributed by atoms with Gasteiger partial charge in [-0.05, 0) is 53.6 Å². The van der Waals surface area contributed by atoms with Crippen molar-refractivity contribution in [2.75, 3.05) is 0 Å². The number of carboxylic acid groups (broad SMARTS) is 1. The van der Waals surface area contributed by atoms with Crippen molar-refractivity contribution in [1.82, 2.24) is 0 Å². The zero-order valence-electron chi connectivity index (χ0n) is 18.1. The number of carbonyl (C=O) groups is 1. The van der Waals surface area contributed by atoms with Crippen molar-refractivity contribution in [1.29, 1.82) is 0 Å². The molecule has 35 heavy (non-hydrogen) atoms. The standard InChI is InChI=1S/C27H17NO7/c29-18-9-11-22-24(13-18)35-25-14-19(34-15-16-5-7-17(8-6-16)28(32)33)10-12-23(25)26(22)20-3-1-2-4-21(20)27(30)31/h1-14H,15H2,(H,30,31). The summed E-state index contributed by atoms with van der Waals surface area (Å²) < 4.78 is 11.9. The van der Waals surface area contributed by atoms with Gasteiger partial charge in [-0.15, -0.1) is 0 Å². The van der Waals surface area contributed by atoms with Gasteiger partial charge in [-0.2, -0.15) is 0 Å². The number of aromatic carboxylic acids is 1. The summed E-state index contributed by atoms with van der Waals surface area (Å²) in [7, 11) is 0. The fourth-order valence-electron chi connectivity index (χ4n) is 4.00. The number of carboxylic acids is 1. The average Bonchev–Trinajstić information content (AvgIpc) is 2.86. The first-order chi connectivity index (χ1) is 16.9. The summed E-state index contributed by atoms with van der Waals surface area (Å²) in [6.45, 7) is 0.177. The van der Waals surface area contributed by atoms with Gasteiger partial charge in [0.05, 0.1) is 10.5 Å². The predicted octanol–water partition coefficient (Wildman–Crippen LogP) is 5.75. The molecule has 0 bridgehead atoms. The van der Waals surface area contributed by atoms with Crippen molar-refractivity contribution in [3.05, 3.63) is 116 Å². The number of nitrogens with zero attached hydrogens (tertiary/aromatic N) is 1. The summed E-state index contributed by atoms with van der Waals surface area (Å²) >= 11 is 0. The highest BCUT2D eigenvalue weighted by molar-refractivity contribution is 6.07. The van der Waals surface area contributed by atoms with E-state index >= 15 is 0 Å². The minimum absolute atomic E-state index is 0.00273. The second-order valence-corrected chi connectivity index (χ2v) is 7.86. The van der Waals surface area contributed by atoms with E-state index in [0.29, 0.717) is 39.2 Å². The Morgan fingerprint density at radius 2 is 1.71 bits per heavy atom. The number of fused-ring (bicyclic) bond motifs is 2. The maximum absolute atomic E-state index is 12.0. The summed E-state index contributed by atoms with van der Waals surface area (Å²) in [5.41, 5.74) is 2.82. The maximum Gasteiger partial charge on any atom is 0.336 e. The Hall–Kier alpha value is -4.98. The van der Waals surface area contributed by atoms with Crippen LogP contribution in [0.3, 0.4) is 0 Å². The summed E-state index contributed by atoms with van der Waals surface area (Å²) in [6.07, 6.45) is 0. The van der Waals surface area contributed by atoms with Crippen molar-refractivity contribution >= 4 is 22.6 Å². The average molecular weight is 467 g/mol. The monoisotopic (exact) mass is 467 g/mol. The molecule has 3 aromatic rings. The number of ether oxygens (including phenoxy) is 1. The summed E-state index contributed by atoms with van der Waals surface area (Å²) in [6, 6.07) is 22.3. The van der Waals surface area contributed by atoms with Gasteiger partial charge < -0.3 is 14.3 Å². The Morgan fingerprint density at radius 1 is 0.943 bits per heavy atom. The molecule has 5 rings (SSSR count). The lowest BCUT2D eigenvalue weighted by Crippen LogP contribution is -2.03. The van der Waals surface area contributed by atoms with E-state index < -0.39 is 10.9 Å². The molecule has 0 fully saturated rings. The van der Waals surface area contributed by atoms with Crippen LogP contribution in [0.2, 0.25) is 0 Å². The first-order valence-corrected chi connectivity index (χ1v) is 10.6.